The highest BCUT2D eigenvalue weighted by atomic mass is 127. The number of nitrogens with zero attached hydrogens (tertiary/aromatic N) is 2. The Balaban J connectivity index is 0.00000392. The number of hydrogen-bond donors (Lipinski definition) is 2. The van der Waals surface area contributed by atoms with E-state index in [1.54, 1.807) is 0 Å². The van der Waals surface area contributed by atoms with E-state index in [-0.39, 0.29) is 24.0 Å². The lowest BCUT2D eigenvalue weighted by molar-refractivity contribution is 0.181. The quantitative estimate of drug-likeness (QED) is 0.208. The fourth-order valence-electron chi connectivity index (χ4n) is 4.39. The number of aliphatic imine (C=N–C) groups is 1. The van der Waals surface area contributed by atoms with Gasteiger partial charge in [0.1, 0.15) is 0 Å². The van der Waals surface area contributed by atoms with Crippen LogP contribution in [0.2, 0.25) is 0 Å². The SMILES string of the molecule is CCNC(=NCCCCN1CCCC(C)C1)NC1CCCC(S(=O)CC)C1.I. The fourth-order valence-corrected chi connectivity index (χ4v) is 5.74. The molecule has 2 aliphatic rings. The molecule has 0 amide bonds. The zero-order valence-electron chi connectivity index (χ0n) is 18.3. The molecule has 2 fully saturated rings. The highest BCUT2D eigenvalue weighted by Gasteiger charge is 2.26. The van der Waals surface area contributed by atoms with Gasteiger partial charge in [0.2, 0.25) is 0 Å². The molecular formula is C21H43IN4OS. The Morgan fingerprint density at radius 2 is 2.00 bits per heavy atom. The first kappa shape index (κ1) is 26.1. The van der Waals surface area contributed by atoms with Gasteiger partial charge in [-0.05, 0) is 70.9 Å². The molecule has 4 unspecified atom stereocenters. The van der Waals surface area contributed by atoms with Gasteiger partial charge in [0.25, 0.3) is 0 Å². The standard InChI is InChI=1S/C21H42N4OS.HI/c1-4-22-21(24-19-11-8-12-20(16-19)27(26)5-2)23-13-6-7-14-25-15-9-10-18(3)17-25;/h18-20H,4-17H2,1-3H3,(H2,22,23,24);1H. The maximum Gasteiger partial charge on any atom is 0.191 e. The minimum atomic E-state index is -0.671. The normalized spacial score (nSPS) is 27.7. The maximum atomic E-state index is 12.2. The lowest BCUT2D eigenvalue weighted by Crippen LogP contribution is -2.46. The van der Waals surface area contributed by atoms with Gasteiger partial charge in [0, 0.05) is 47.5 Å². The van der Waals surface area contributed by atoms with Crippen molar-refractivity contribution in [2.45, 2.75) is 83.4 Å². The highest BCUT2D eigenvalue weighted by Crippen LogP contribution is 2.23. The predicted octanol–water partition coefficient (Wildman–Crippen LogP) is 3.75. The first-order chi connectivity index (χ1) is 13.1. The molecule has 1 saturated carbocycles. The van der Waals surface area contributed by atoms with Crippen LogP contribution in [0.25, 0.3) is 0 Å². The number of hydrogen-bond acceptors (Lipinski definition) is 3. The van der Waals surface area contributed by atoms with E-state index in [0.29, 0.717) is 11.3 Å². The molecule has 4 atom stereocenters. The number of guanidine groups is 1. The molecule has 166 valence electrons. The van der Waals surface area contributed by atoms with E-state index in [9.17, 15) is 4.21 Å². The fraction of sp³-hybridized carbons (Fsp3) is 0.952. The summed E-state index contributed by atoms with van der Waals surface area (Å²) >= 11 is 0. The maximum absolute atomic E-state index is 12.2. The van der Waals surface area contributed by atoms with Crippen molar-refractivity contribution in [1.29, 1.82) is 0 Å². The van der Waals surface area contributed by atoms with Crippen LogP contribution in [-0.2, 0) is 10.8 Å². The zero-order chi connectivity index (χ0) is 19.5. The molecule has 1 saturated heterocycles. The number of rotatable bonds is 9. The smallest absolute Gasteiger partial charge is 0.191 e. The monoisotopic (exact) mass is 526 g/mol. The van der Waals surface area contributed by atoms with Crippen LogP contribution in [0, 0.1) is 5.92 Å². The van der Waals surface area contributed by atoms with Gasteiger partial charge in [-0.3, -0.25) is 9.20 Å². The first-order valence-corrected chi connectivity index (χ1v) is 12.6. The van der Waals surface area contributed by atoms with E-state index in [2.05, 4.69) is 29.4 Å². The van der Waals surface area contributed by atoms with Gasteiger partial charge >= 0.3 is 0 Å². The van der Waals surface area contributed by atoms with E-state index >= 15 is 0 Å². The lowest BCUT2D eigenvalue weighted by atomic mass is 9.95. The number of halogens is 1. The topological polar surface area (TPSA) is 56.7 Å². The summed E-state index contributed by atoms with van der Waals surface area (Å²) in [5.74, 6) is 2.58. The average Bonchev–Trinajstić information content (AvgIpc) is 2.67. The van der Waals surface area contributed by atoms with E-state index in [0.717, 1.165) is 56.4 Å². The largest absolute Gasteiger partial charge is 0.357 e. The molecule has 2 N–H and O–H groups in total. The molecule has 0 aromatic heterocycles. The molecule has 0 aromatic carbocycles. The summed E-state index contributed by atoms with van der Waals surface area (Å²) in [6.45, 7) is 12.1. The average molecular weight is 527 g/mol. The Morgan fingerprint density at radius 1 is 1.18 bits per heavy atom. The van der Waals surface area contributed by atoms with Gasteiger partial charge in [-0.1, -0.05) is 20.3 Å². The van der Waals surface area contributed by atoms with E-state index in [4.69, 9.17) is 4.99 Å². The van der Waals surface area contributed by atoms with Crippen molar-refractivity contribution in [1.82, 2.24) is 15.5 Å². The molecule has 5 nitrogen and oxygen atoms in total. The molecule has 0 spiro atoms. The predicted molar refractivity (Wildman–Crippen MR) is 133 cm³/mol. The molecule has 2 rings (SSSR count). The van der Waals surface area contributed by atoms with Crippen LogP contribution in [0.4, 0.5) is 0 Å². The van der Waals surface area contributed by atoms with Gasteiger partial charge in [-0.2, -0.15) is 0 Å². The first-order valence-electron chi connectivity index (χ1n) is 11.3. The van der Waals surface area contributed by atoms with Crippen molar-refractivity contribution >= 4 is 40.7 Å². The van der Waals surface area contributed by atoms with Crippen molar-refractivity contribution in [3.05, 3.63) is 0 Å². The Kier molecular flexibility index (Phi) is 14.0. The van der Waals surface area contributed by atoms with E-state index < -0.39 is 10.8 Å². The van der Waals surface area contributed by atoms with Crippen LogP contribution < -0.4 is 10.6 Å². The molecule has 28 heavy (non-hydrogen) atoms. The Morgan fingerprint density at radius 3 is 2.71 bits per heavy atom. The second-order valence-electron chi connectivity index (χ2n) is 8.32. The third-order valence-corrected chi connectivity index (χ3v) is 7.60. The molecule has 7 heteroatoms. The van der Waals surface area contributed by atoms with Crippen molar-refractivity contribution in [3.63, 3.8) is 0 Å². The highest BCUT2D eigenvalue weighted by molar-refractivity contribution is 14.0. The van der Waals surface area contributed by atoms with Crippen LogP contribution in [0.5, 0.6) is 0 Å². The Bertz CT molecular complexity index is 477. The van der Waals surface area contributed by atoms with Crippen LogP contribution in [0.3, 0.4) is 0 Å². The summed E-state index contributed by atoms with van der Waals surface area (Å²) < 4.78 is 12.2. The second kappa shape index (κ2) is 15.0. The summed E-state index contributed by atoms with van der Waals surface area (Å²) in [6, 6.07) is 0.409. The molecular weight excluding hydrogens is 483 g/mol. The summed E-state index contributed by atoms with van der Waals surface area (Å²) in [6.07, 6.45) is 9.59. The third-order valence-electron chi connectivity index (χ3n) is 5.86. The van der Waals surface area contributed by atoms with Crippen LogP contribution in [-0.4, -0.2) is 64.8 Å². The lowest BCUT2D eigenvalue weighted by Gasteiger charge is -2.30. The van der Waals surface area contributed by atoms with Gasteiger partial charge in [0.05, 0.1) is 0 Å². The minimum absolute atomic E-state index is 0. The summed E-state index contributed by atoms with van der Waals surface area (Å²) in [5, 5.41) is 7.35. The number of piperidine rings is 1. The van der Waals surface area contributed by atoms with Crippen LogP contribution >= 0.6 is 24.0 Å². The molecule has 0 radical (unpaired) electrons. The van der Waals surface area contributed by atoms with E-state index in [1.807, 2.05) is 6.92 Å². The Labute approximate surface area is 192 Å². The summed E-state index contributed by atoms with van der Waals surface area (Å²) in [4.78, 5) is 7.42. The van der Waals surface area contributed by atoms with Crippen molar-refractivity contribution in [2.24, 2.45) is 10.9 Å². The van der Waals surface area contributed by atoms with Gasteiger partial charge in [-0.15, -0.1) is 24.0 Å². The van der Waals surface area contributed by atoms with Crippen molar-refractivity contribution < 1.29 is 4.21 Å². The van der Waals surface area contributed by atoms with Crippen LogP contribution in [0.1, 0.15) is 72.1 Å². The van der Waals surface area contributed by atoms with Crippen LogP contribution in [0.15, 0.2) is 4.99 Å². The van der Waals surface area contributed by atoms with Gasteiger partial charge in [-0.25, -0.2) is 0 Å². The summed E-state index contributed by atoms with van der Waals surface area (Å²) in [7, 11) is -0.671. The second-order valence-corrected chi connectivity index (χ2v) is 10.3. The summed E-state index contributed by atoms with van der Waals surface area (Å²) in [5.41, 5.74) is 0. The van der Waals surface area contributed by atoms with Crippen molar-refractivity contribution in [2.75, 3.05) is 38.5 Å². The molecule has 1 aliphatic carbocycles. The number of likely N-dealkylation sites (tertiary alicyclic amines) is 1. The van der Waals surface area contributed by atoms with Gasteiger partial charge < -0.3 is 15.5 Å². The molecule has 0 bridgehead atoms. The third kappa shape index (κ3) is 9.74. The molecule has 1 aliphatic heterocycles. The zero-order valence-corrected chi connectivity index (χ0v) is 21.4. The number of nitrogens with one attached hydrogen (secondary N) is 2. The van der Waals surface area contributed by atoms with Gasteiger partial charge in [0.15, 0.2) is 5.96 Å². The molecule has 0 aromatic rings. The minimum Gasteiger partial charge on any atom is -0.357 e. The Hall–Kier alpha value is 0.110. The van der Waals surface area contributed by atoms with E-state index in [1.165, 1.54) is 45.3 Å². The number of unbranched alkanes of at least 4 members (excludes halogenated alkanes) is 1. The molecule has 1 heterocycles. The van der Waals surface area contributed by atoms with Crippen molar-refractivity contribution in [3.8, 4) is 0 Å².